The molecule has 0 unspecified atom stereocenters. The lowest BCUT2D eigenvalue weighted by molar-refractivity contribution is 0.102. The van der Waals surface area contributed by atoms with E-state index in [1.54, 1.807) is 24.3 Å². The molecule has 0 heterocycles. The summed E-state index contributed by atoms with van der Waals surface area (Å²) in [6.07, 6.45) is 0. The Balaban J connectivity index is 0.000000200. The summed E-state index contributed by atoms with van der Waals surface area (Å²) >= 11 is 1.44. The van der Waals surface area contributed by atoms with E-state index in [4.69, 9.17) is 5.73 Å². The van der Waals surface area contributed by atoms with Gasteiger partial charge in [-0.1, -0.05) is 60.7 Å². The molecule has 0 bridgehead atoms. The van der Waals surface area contributed by atoms with E-state index < -0.39 is 0 Å². The Morgan fingerprint density at radius 3 is 2.04 bits per heavy atom. The quantitative estimate of drug-likeness (QED) is 0.396. The monoisotopic (exact) mass is 393 g/mol. The maximum atomic E-state index is 12.7. The fraction of sp³-hybridized carbons (Fsp3) is 0.125. The number of anilines is 1. The van der Waals surface area contributed by atoms with Crippen molar-refractivity contribution in [1.29, 1.82) is 0 Å². The van der Waals surface area contributed by atoms with Crippen molar-refractivity contribution in [2.75, 3.05) is 11.5 Å². The highest BCUT2D eigenvalue weighted by molar-refractivity contribution is 8.03. The summed E-state index contributed by atoms with van der Waals surface area (Å²) in [6, 6.07) is 21.9. The maximum absolute atomic E-state index is 12.7. The van der Waals surface area contributed by atoms with Gasteiger partial charge in [-0.25, -0.2) is 4.39 Å². The molecular weight excluding hydrogens is 369 g/mol. The Bertz CT molecular complexity index is 890. The van der Waals surface area contributed by atoms with Crippen LogP contribution < -0.4 is 5.73 Å². The summed E-state index contributed by atoms with van der Waals surface area (Å²) in [4.78, 5) is 12.6. The van der Waals surface area contributed by atoms with E-state index in [1.165, 1.54) is 29.5 Å². The lowest BCUT2D eigenvalue weighted by atomic mass is 10.0. The molecule has 2 nitrogen and oxygen atoms in total. The second-order valence-corrected chi connectivity index (χ2v) is 7.65. The zero-order chi connectivity index (χ0) is 20.5. The van der Waals surface area contributed by atoms with Gasteiger partial charge in [0.15, 0.2) is 5.78 Å². The summed E-state index contributed by atoms with van der Waals surface area (Å²) < 4.78 is 12.7. The minimum atomic E-state index is -0.194. The van der Waals surface area contributed by atoms with Gasteiger partial charge in [-0.2, -0.15) is 0 Å². The van der Waals surface area contributed by atoms with Gasteiger partial charge in [-0.3, -0.25) is 4.79 Å². The van der Waals surface area contributed by atoms with Gasteiger partial charge < -0.3 is 5.73 Å². The van der Waals surface area contributed by atoms with Crippen molar-refractivity contribution in [1.82, 2.24) is 0 Å². The minimum absolute atomic E-state index is 0.0519. The second-order valence-electron chi connectivity index (χ2n) is 6.37. The van der Waals surface area contributed by atoms with Gasteiger partial charge in [0.05, 0.1) is 5.75 Å². The van der Waals surface area contributed by atoms with Crippen LogP contribution in [0.25, 0.3) is 11.1 Å². The van der Waals surface area contributed by atoms with Crippen molar-refractivity contribution < 1.29 is 9.18 Å². The number of nitrogen functional groups attached to an aromatic ring is 1. The average Bonchev–Trinajstić information content (AvgIpc) is 2.68. The minimum Gasteiger partial charge on any atom is -0.398 e. The second kappa shape index (κ2) is 10.5. The number of carbonyl (C=O) groups is 1. The number of rotatable bonds is 5. The molecule has 0 amide bonds. The number of ketones is 1. The number of thioether (sulfide) groups is 1. The normalized spacial score (nSPS) is 9.96. The summed E-state index contributed by atoms with van der Waals surface area (Å²) in [6.45, 7) is 7.65. The van der Waals surface area contributed by atoms with E-state index in [1.807, 2.05) is 31.2 Å². The van der Waals surface area contributed by atoms with Crippen LogP contribution in [-0.4, -0.2) is 11.5 Å². The molecular formula is C24H24FNOS. The fourth-order valence-corrected chi connectivity index (χ4v) is 2.94. The first-order chi connectivity index (χ1) is 13.4. The third-order valence-electron chi connectivity index (χ3n) is 3.94. The van der Waals surface area contributed by atoms with Gasteiger partial charge in [0.1, 0.15) is 5.82 Å². The number of para-hydroxylation sites is 1. The van der Waals surface area contributed by atoms with Crippen LogP contribution in [0.3, 0.4) is 0 Å². The Labute approximate surface area is 170 Å². The van der Waals surface area contributed by atoms with E-state index >= 15 is 0 Å². The Kier molecular flexibility index (Phi) is 8.02. The summed E-state index contributed by atoms with van der Waals surface area (Å²) in [7, 11) is 0. The van der Waals surface area contributed by atoms with Gasteiger partial charge in [0, 0.05) is 11.3 Å². The number of hydrogen-bond acceptors (Lipinski definition) is 3. The first kappa shape index (κ1) is 21.5. The van der Waals surface area contributed by atoms with Crippen molar-refractivity contribution in [2.45, 2.75) is 13.8 Å². The van der Waals surface area contributed by atoms with E-state index in [0.29, 0.717) is 17.0 Å². The van der Waals surface area contributed by atoms with Crippen LogP contribution in [0.15, 0.2) is 84.3 Å². The third-order valence-corrected chi connectivity index (χ3v) is 4.84. The van der Waals surface area contributed by atoms with Crippen molar-refractivity contribution in [2.24, 2.45) is 0 Å². The van der Waals surface area contributed by atoms with Gasteiger partial charge in [0.2, 0.25) is 0 Å². The van der Waals surface area contributed by atoms with Crippen LogP contribution >= 0.6 is 11.8 Å². The molecule has 0 aliphatic rings. The average molecular weight is 394 g/mol. The molecule has 0 radical (unpaired) electrons. The van der Waals surface area contributed by atoms with E-state index in [9.17, 15) is 9.18 Å². The predicted octanol–water partition coefficient (Wildman–Crippen LogP) is 6.52. The standard InChI is InChI=1S/C13H11F.C11H13NOS/c1-10-2-4-11(5-3-10)12-6-8-13(14)9-7-12;1-8(2)14-7-11(13)9-5-3-4-6-10(9)12/h2-9H,1H3;3-6H,1,7,12H2,2H3. The zero-order valence-corrected chi connectivity index (χ0v) is 16.9. The van der Waals surface area contributed by atoms with E-state index in [0.717, 1.165) is 16.0 Å². The zero-order valence-electron chi connectivity index (χ0n) is 16.1. The Morgan fingerprint density at radius 2 is 1.50 bits per heavy atom. The summed E-state index contributed by atoms with van der Waals surface area (Å²) in [5.41, 5.74) is 10.2. The molecule has 0 saturated carbocycles. The Morgan fingerprint density at radius 1 is 0.964 bits per heavy atom. The molecule has 3 rings (SSSR count). The number of allylic oxidation sites excluding steroid dienone is 1. The molecule has 144 valence electrons. The first-order valence-corrected chi connectivity index (χ1v) is 9.84. The molecule has 4 heteroatoms. The highest BCUT2D eigenvalue weighted by Gasteiger charge is 2.08. The molecule has 0 aliphatic heterocycles. The van der Waals surface area contributed by atoms with Gasteiger partial charge >= 0.3 is 0 Å². The molecule has 0 saturated heterocycles. The number of hydrogen-bond donors (Lipinski definition) is 1. The lowest BCUT2D eigenvalue weighted by Crippen LogP contribution is -2.05. The SMILES string of the molecule is C=C(C)SCC(=O)c1ccccc1N.Cc1ccc(-c2ccc(F)cc2)cc1. The number of halogens is 1. The topological polar surface area (TPSA) is 43.1 Å². The molecule has 0 spiro atoms. The van der Waals surface area contributed by atoms with E-state index in [2.05, 4.69) is 25.6 Å². The number of carbonyl (C=O) groups excluding carboxylic acids is 1. The molecule has 0 aromatic heterocycles. The molecule has 3 aromatic carbocycles. The highest BCUT2D eigenvalue weighted by atomic mass is 32.2. The summed E-state index contributed by atoms with van der Waals surface area (Å²) in [5, 5.41) is 0. The maximum Gasteiger partial charge on any atom is 0.175 e. The van der Waals surface area contributed by atoms with Crippen molar-refractivity contribution in [3.8, 4) is 11.1 Å². The number of aryl methyl sites for hydroxylation is 1. The fourth-order valence-electron chi connectivity index (χ4n) is 2.41. The molecule has 0 fully saturated rings. The van der Waals surface area contributed by atoms with Crippen LogP contribution in [-0.2, 0) is 0 Å². The highest BCUT2D eigenvalue weighted by Crippen LogP contribution is 2.20. The molecule has 0 atom stereocenters. The number of benzene rings is 3. The smallest absolute Gasteiger partial charge is 0.175 e. The molecule has 2 N–H and O–H groups in total. The van der Waals surface area contributed by atoms with Crippen molar-refractivity contribution >= 4 is 23.2 Å². The first-order valence-electron chi connectivity index (χ1n) is 8.85. The van der Waals surface area contributed by atoms with Crippen LogP contribution in [0.2, 0.25) is 0 Å². The third kappa shape index (κ3) is 6.71. The largest absolute Gasteiger partial charge is 0.398 e. The van der Waals surface area contributed by atoms with Crippen LogP contribution in [0.4, 0.5) is 10.1 Å². The predicted molar refractivity (Wildman–Crippen MR) is 119 cm³/mol. The number of Topliss-reactive ketones (excluding diaryl/α,β-unsaturated/α-hetero) is 1. The van der Waals surface area contributed by atoms with E-state index in [-0.39, 0.29) is 11.6 Å². The summed E-state index contributed by atoms with van der Waals surface area (Å²) in [5.74, 6) is 0.265. The van der Waals surface area contributed by atoms with Crippen LogP contribution in [0, 0.1) is 12.7 Å². The van der Waals surface area contributed by atoms with Crippen LogP contribution in [0.1, 0.15) is 22.8 Å². The Hall–Kier alpha value is -2.85. The molecule has 28 heavy (non-hydrogen) atoms. The van der Waals surface area contributed by atoms with Crippen molar-refractivity contribution in [3.63, 3.8) is 0 Å². The lowest BCUT2D eigenvalue weighted by Gasteiger charge is -2.03. The van der Waals surface area contributed by atoms with Crippen molar-refractivity contribution in [3.05, 3.63) is 101 Å². The molecule has 3 aromatic rings. The van der Waals surface area contributed by atoms with Gasteiger partial charge in [-0.15, -0.1) is 11.8 Å². The van der Waals surface area contributed by atoms with Gasteiger partial charge in [0.25, 0.3) is 0 Å². The van der Waals surface area contributed by atoms with Gasteiger partial charge in [-0.05, 0) is 54.1 Å². The van der Waals surface area contributed by atoms with Crippen LogP contribution in [0.5, 0.6) is 0 Å². The number of nitrogens with two attached hydrogens (primary N) is 1. The molecule has 0 aliphatic carbocycles.